The number of nitrogens with zero attached hydrogens (tertiary/aromatic N) is 4. The minimum atomic E-state index is -0.304. The third kappa shape index (κ3) is 4.73. The minimum absolute atomic E-state index is 0.304. The van der Waals surface area contributed by atoms with Gasteiger partial charge in [0.1, 0.15) is 17.1 Å². The first-order valence-electron chi connectivity index (χ1n) is 9.77. The van der Waals surface area contributed by atoms with Crippen LogP contribution in [-0.2, 0) is 5.75 Å². The number of para-hydroxylation sites is 1. The molecule has 0 radical (unpaired) electrons. The predicted octanol–water partition coefficient (Wildman–Crippen LogP) is 4.22. The van der Waals surface area contributed by atoms with E-state index in [1.54, 1.807) is 34.6 Å². The molecule has 0 aliphatic carbocycles. The molecule has 4 aromatic rings. The van der Waals surface area contributed by atoms with Crippen molar-refractivity contribution in [3.05, 3.63) is 84.2 Å². The number of ether oxygens (including phenoxy) is 2. The van der Waals surface area contributed by atoms with Gasteiger partial charge < -0.3 is 14.8 Å². The van der Waals surface area contributed by atoms with Crippen molar-refractivity contribution in [3.63, 3.8) is 0 Å². The average Bonchev–Trinajstić information content (AvgIpc) is 3.32. The van der Waals surface area contributed by atoms with Gasteiger partial charge in [0.15, 0.2) is 5.82 Å². The number of carbonyl (C=O) groups is 1. The van der Waals surface area contributed by atoms with Crippen molar-refractivity contribution in [1.82, 2.24) is 20.2 Å². The van der Waals surface area contributed by atoms with E-state index in [0.717, 1.165) is 16.4 Å². The fourth-order valence-electron chi connectivity index (χ4n) is 3.12. The Labute approximate surface area is 189 Å². The second-order valence-corrected chi connectivity index (χ2v) is 7.70. The van der Waals surface area contributed by atoms with Crippen molar-refractivity contribution < 1.29 is 14.3 Å². The third-order valence-corrected chi connectivity index (χ3v) is 5.68. The van der Waals surface area contributed by atoms with E-state index in [2.05, 4.69) is 20.8 Å². The minimum Gasteiger partial charge on any atom is -0.496 e. The van der Waals surface area contributed by atoms with Gasteiger partial charge in [-0.05, 0) is 59.0 Å². The van der Waals surface area contributed by atoms with E-state index in [-0.39, 0.29) is 5.91 Å². The highest BCUT2D eigenvalue weighted by atomic mass is 32.2. The van der Waals surface area contributed by atoms with Crippen LogP contribution in [0.15, 0.2) is 77.7 Å². The molecule has 8 nitrogen and oxygen atoms in total. The van der Waals surface area contributed by atoms with Gasteiger partial charge >= 0.3 is 0 Å². The van der Waals surface area contributed by atoms with Crippen LogP contribution in [0.3, 0.4) is 0 Å². The first-order valence-corrected chi connectivity index (χ1v) is 10.8. The van der Waals surface area contributed by atoms with Crippen molar-refractivity contribution >= 4 is 23.4 Å². The van der Waals surface area contributed by atoms with Gasteiger partial charge in [-0.25, -0.2) is 0 Å². The number of hydrogen-bond acceptors (Lipinski definition) is 7. The number of methoxy groups -OCH3 is 2. The molecule has 1 heterocycles. The van der Waals surface area contributed by atoms with E-state index in [0.29, 0.717) is 28.5 Å². The molecule has 0 fully saturated rings. The van der Waals surface area contributed by atoms with Crippen LogP contribution in [0.4, 0.5) is 5.69 Å². The zero-order valence-electron chi connectivity index (χ0n) is 17.6. The molecule has 0 saturated carbocycles. The summed E-state index contributed by atoms with van der Waals surface area (Å²) >= 11 is 1.61. The summed E-state index contributed by atoms with van der Waals surface area (Å²) in [6.07, 6.45) is 0. The lowest BCUT2D eigenvalue weighted by Crippen LogP contribution is -2.14. The van der Waals surface area contributed by atoms with E-state index in [1.807, 2.05) is 54.6 Å². The van der Waals surface area contributed by atoms with Gasteiger partial charge in [0, 0.05) is 10.6 Å². The van der Waals surface area contributed by atoms with Gasteiger partial charge in [0.25, 0.3) is 5.91 Å². The maximum atomic E-state index is 12.8. The highest BCUT2D eigenvalue weighted by molar-refractivity contribution is 7.98. The Hall–Kier alpha value is -3.85. The summed E-state index contributed by atoms with van der Waals surface area (Å²) in [5.74, 6) is 1.95. The summed E-state index contributed by atoms with van der Waals surface area (Å²) in [5, 5.41) is 14.9. The summed E-state index contributed by atoms with van der Waals surface area (Å²) in [6.45, 7) is 0. The number of amides is 1. The Morgan fingerprint density at radius 3 is 2.28 bits per heavy atom. The number of tetrazole rings is 1. The second-order valence-electron chi connectivity index (χ2n) is 6.65. The summed E-state index contributed by atoms with van der Waals surface area (Å²) in [6, 6.07) is 22.6. The summed E-state index contributed by atoms with van der Waals surface area (Å²) < 4.78 is 12.3. The van der Waals surface area contributed by atoms with E-state index in [9.17, 15) is 4.79 Å². The van der Waals surface area contributed by atoms with Crippen LogP contribution in [0.1, 0.15) is 16.2 Å². The highest BCUT2D eigenvalue weighted by Gasteiger charge is 2.18. The molecule has 0 saturated heterocycles. The Morgan fingerprint density at radius 2 is 1.62 bits per heavy atom. The molecule has 0 unspecified atom stereocenters. The van der Waals surface area contributed by atoms with Crippen LogP contribution in [0.25, 0.3) is 5.69 Å². The van der Waals surface area contributed by atoms with Crippen molar-refractivity contribution in [2.24, 2.45) is 0 Å². The number of aromatic nitrogens is 4. The van der Waals surface area contributed by atoms with Crippen molar-refractivity contribution in [3.8, 4) is 17.2 Å². The predicted molar refractivity (Wildman–Crippen MR) is 123 cm³/mol. The Kier molecular flexibility index (Phi) is 6.66. The lowest BCUT2D eigenvalue weighted by atomic mass is 10.1. The van der Waals surface area contributed by atoms with Crippen molar-refractivity contribution in [2.45, 2.75) is 10.6 Å². The molecule has 32 heavy (non-hydrogen) atoms. The number of hydrogen-bond donors (Lipinski definition) is 1. The van der Waals surface area contributed by atoms with Gasteiger partial charge in [-0.2, -0.15) is 4.68 Å². The third-order valence-electron chi connectivity index (χ3n) is 4.67. The van der Waals surface area contributed by atoms with Gasteiger partial charge in [-0.15, -0.1) is 16.9 Å². The molecule has 1 aromatic heterocycles. The number of carbonyl (C=O) groups excluding carboxylic acids is 1. The first kappa shape index (κ1) is 21.4. The zero-order chi connectivity index (χ0) is 22.3. The van der Waals surface area contributed by atoms with E-state index in [1.165, 1.54) is 14.2 Å². The van der Waals surface area contributed by atoms with Gasteiger partial charge in [-0.1, -0.05) is 24.3 Å². The molecular weight excluding hydrogens is 426 g/mol. The van der Waals surface area contributed by atoms with E-state index < -0.39 is 0 Å². The second kappa shape index (κ2) is 9.97. The first-order chi connectivity index (χ1) is 15.7. The molecule has 162 valence electrons. The monoisotopic (exact) mass is 447 g/mol. The normalized spacial score (nSPS) is 10.6. The quantitative estimate of drug-likeness (QED) is 0.404. The average molecular weight is 448 g/mol. The van der Waals surface area contributed by atoms with Crippen LogP contribution in [-0.4, -0.2) is 40.3 Å². The molecule has 3 aromatic carbocycles. The molecule has 0 bridgehead atoms. The molecule has 9 heteroatoms. The Bertz CT molecular complexity index is 1170. The summed E-state index contributed by atoms with van der Waals surface area (Å²) in [4.78, 5) is 13.8. The molecule has 0 spiro atoms. The van der Waals surface area contributed by atoms with Gasteiger partial charge in [-0.3, -0.25) is 4.79 Å². The van der Waals surface area contributed by atoms with Gasteiger partial charge in [0.2, 0.25) is 0 Å². The van der Waals surface area contributed by atoms with E-state index >= 15 is 0 Å². The maximum absolute atomic E-state index is 12.8. The molecule has 0 aliphatic heterocycles. The Balaban J connectivity index is 1.42. The molecule has 4 rings (SSSR count). The lowest BCUT2D eigenvalue weighted by Gasteiger charge is -2.13. The maximum Gasteiger partial charge on any atom is 0.263 e. The van der Waals surface area contributed by atoms with Crippen LogP contribution in [0.5, 0.6) is 11.5 Å². The molecule has 1 amide bonds. The standard InChI is InChI=1S/C23H21N5O3S/c1-30-19-9-6-10-20(31-2)22(19)23(29)24-16-11-13-18(14-12-16)32-15-21-25-26-27-28(21)17-7-4-3-5-8-17/h3-14H,15H2,1-2H3,(H,24,29). The fraction of sp³-hybridized carbons (Fsp3) is 0.130. The molecule has 0 aliphatic rings. The molecular formula is C23H21N5O3S. The van der Waals surface area contributed by atoms with Crippen molar-refractivity contribution in [1.29, 1.82) is 0 Å². The lowest BCUT2D eigenvalue weighted by molar-refractivity contribution is 0.102. The number of nitrogens with one attached hydrogen (secondary N) is 1. The van der Waals surface area contributed by atoms with Gasteiger partial charge in [0.05, 0.1) is 25.7 Å². The van der Waals surface area contributed by atoms with Crippen LogP contribution in [0, 0.1) is 0 Å². The van der Waals surface area contributed by atoms with Crippen LogP contribution in [0.2, 0.25) is 0 Å². The Morgan fingerprint density at radius 1 is 0.938 bits per heavy atom. The van der Waals surface area contributed by atoms with Crippen molar-refractivity contribution in [2.75, 3.05) is 19.5 Å². The van der Waals surface area contributed by atoms with Crippen LogP contribution < -0.4 is 14.8 Å². The van der Waals surface area contributed by atoms with E-state index in [4.69, 9.17) is 9.47 Å². The topological polar surface area (TPSA) is 91.2 Å². The number of benzene rings is 3. The molecule has 0 atom stereocenters. The summed E-state index contributed by atoms with van der Waals surface area (Å²) in [5.41, 5.74) is 1.93. The smallest absolute Gasteiger partial charge is 0.263 e. The number of rotatable bonds is 8. The summed E-state index contributed by atoms with van der Waals surface area (Å²) in [7, 11) is 3.04. The largest absolute Gasteiger partial charge is 0.496 e. The SMILES string of the molecule is COc1cccc(OC)c1C(=O)Nc1ccc(SCc2nnnn2-c2ccccc2)cc1. The molecule has 1 N–H and O–H groups in total. The number of anilines is 1. The zero-order valence-corrected chi connectivity index (χ0v) is 18.4. The fourth-order valence-corrected chi connectivity index (χ4v) is 3.92. The van der Waals surface area contributed by atoms with Crippen LogP contribution >= 0.6 is 11.8 Å². The number of thioether (sulfide) groups is 1. The highest BCUT2D eigenvalue weighted by Crippen LogP contribution is 2.30.